The zero-order chi connectivity index (χ0) is 26.2. The maximum atomic E-state index is 12.6. The van der Waals surface area contributed by atoms with Gasteiger partial charge in [0.05, 0.1) is 17.1 Å². The molecule has 1 amide bonds. The Hall–Kier alpha value is -5.21. The van der Waals surface area contributed by atoms with Gasteiger partial charge < -0.3 is 5.32 Å². The number of nitrogens with zero attached hydrogens (tertiary/aromatic N) is 3. The molecule has 0 radical (unpaired) electrons. The normalized spacial score (nSPS) is 11.1. The first-order valence-corrected chi connectivity index (χ1v) is 12.5. The van der Waals surface area contributed by atoms with Crippen molar-refractivity contribution < 1.29 is 4.79 Å². The van der Waals surface area contributed by atoms with Crippen molar-refractivity contribution in [1.82, 2.24) is 15.1 Å². The van der Waals surface area contributed by atoms with Gasteiger partial charge in [0.1, 0.15) is 11.6 Å². The molecule has 0 saturated heterocycles. The van der Waals surface area contributed by atoms with Gasteiger partial charge in [-0.3, -0.25) is 4.79 Å². The van der Waals surface area contributed by atoms with Crippen molar-refractivity contribution in [3.8, 4) is 34.3 Å². The summed E-state index contributed by atoms with van der Waals surface area (Å²) in [6.07, 6.45) is 2.32. The van der Waals surface area contributed by atoms with Crippen LogP contribution in [-0.2, 0) is 11.2 Å². The van der Waals surface area contributed by atoms with E-state index in [4.69, 9.17) is 5.10 Å². The number of amides is 1. The molecule has 0 aliphatic heterocycles. The van der Waals surface area contributed by atoms with Gasteiger partial charge in [0.2, 0.25) is 0 Å². The minimum atomic E-state index is -0.376. The van der Waals surface area contributed by atoms with E-state index in [1.165, 1.54) is 0 Å². The first-order valence-electron chi connectivity index (χ1n) is 12.5. The van der Waals surface area contributed by atoms with Crippen molar-refractivity contribution in [2.75, 3.05) is 6.54 Å². The molecule has 5 rings (SSSR count). The molecule has 0 aliphatic rings. The quantitative estimate of drug-likeness (QED) is 0.198. The average molecular weight is 495 g/mol. The van der Waals surface area contributed by atoms with E-state index < -0.39 is 0 Å². The van der Waals surface area contributed by atoms with E-state index in [0.29, 0.717) is 13.0 Å². The van der Waals surface area contributed by atoms with Crippen LogP contribution in [0.1, 0.15) is 11.1 Å². The smallest absolute Gasteiger partial charge is 0.261 e. The standard InChI is InChI=1S/C33H26N4O/c34-24-29(33(38)35-21-20-25-10-4-1-5-11-25)22-26-16-18-30(19-17-26)37-32(28-14-8-3-9-15-28)23-31(36-37)27-12-6-2-7-13-27/h1-19,22-23H,20-21H2,(H,35,38). The van der Waals surface area contributed by atoms with E-state index in [1.54, 1.807) is 6.08 Å². The van der Waals surface area contributed by atoms with Crippen LogP contribution in [0.4, 0.5) is 0 Å². The summed E-state index contributed by atoms with van der Waals surface area (Å²) in [6, 6.07) is 41.9. The number of aromatic nitrogens is 2. The summed E-state index contributed by atoms with van der Waals surface area (Å²) in [6.45, 7) is 0.464. The van der Waals surface area contributed by atoms with Crippen molar-refractivity contribution in [2.24, 2.45) is 0 Å². The molecule has 5 heteroatoms. The SMILES string of the molecule is N#CC(=Cc1ccc(-n2nc(-c3ccccc3)cc2-c2ccccc2)cc1)C(=O)NCCc1ccccc1. The van der Waals surface area contributed by atoms with Gasteiger partial charge in [0, 0.05) is 17.7 Å². The summed E-state index contributed by atoms with van der Waals surface area (Å²) in [7, 11) is 0. The zero-order valence-corrected chi connectivity index (χ0v) is 20.8. The number of nitriles is 1. The van der Waals surface area contributed by atoms with E-state index >= 15 is 0 Å². The Balaban J connectivity index is 1.37. The fraction of sp³-hybridized carbons (Fsp3) is 0.0606. The lowest BCUT2D eigenvalue weighted by atomic mass is 10.1. The Bertz CT molecular complexity index is 1580. The molecule has 1 N–H and O–H groups in total. The van der Waals surface area contributed by atoms with Crippen LogP contribution in [0.2, 0.25) is 0 Å². The van der Waals surface area contributed by atoms with Crippen LogP contribution in [0.5, 0.6) is 0 Å². The third-order valence-electron chi connectivity index (χ3n) is 6.20. The number of carbonyl (C=O) groups excluding carboxylic acids is 1. The predicted molar refractivity (Wildman–Crippen MR) is 151 cm³/mol. The summed E-state index contributed by atoms with van der Waals surface area (Å²) in [4.78, 5) is 12.6. The number of rotatable bonds is 8. The molecule has 1 aromatic heterocycles. The highest BCUT2D eigenvalue weighted by atomic mass is 16.1. The van der Waals surface area contributed by atoms with E-state index in [1.807, 2.05) is 114 Å². The van der Waals surface area contributed by atoms with Crippen molar-refractivity contribution in [3.63, 3.8) is 0 Å². The molecule has 0 aliphatic carbocycles. The van der Waals surface area contributed by atoms with E-state index in [2.05, 4.69) is 23.5 Å². The molecule has 0 bridgehead atoms. The Morgan fingerprint density at radius 2 is 1.42 bits per heavy atom. The Kier molecular flexibility index (Phi) is 7.53. The monoisotopic (exact) mass is 494 g/mol. The molecule has 0 fully saturated rings. The maximum absolute atomic E-state index is 12.6. The number of hydrogen-bond donors (Lipinski definition) is 1. The van der Waals surface area contributed by atoms with Crippen LogP contribution >= 0.6 is 0 Å². The van der Waals surface area contributed by atoms with Gasteiger partial charge in [0.25, 0.3) is 5.91 Å². The van der Waals surface area contributed by atoms with Gasteiger partial charge in [0.15, 0.2) is 0 Å². The predicted octanol–water partition coefficient (Wildman–Crippen LogP) is 6.47. The maximum Gasteiger partial charge on any atom is 0.261 e. The summed E-state index contributed by atoms with van der Waals surface area (Å²) in [5, 5.41) is 17.3. The third kappa shape index (κ3) is 5.77. The second-order valence-corrected chi connectivity index (χ2v) is 8.81. The van der Waals surface area contributed by atoms with Crippen LogP contribution in [0.3, 0.4) is 0 Å². The highest BCUT2D eigenvalue weighted by Crippen LogP contribution is 2.29. The van der Waals surface area contributed by atoms with Crippen molar-refractivity contribution in [1.29, 1.82) is 5.26 Å². The number of benzene rings is 4. The Morgan fingerprint density at radius 1 is 0.816 bits per heavy atom. The van der Waals surface area contributed by atoms with Crippen molar-refractivity contribution in [3.05, 3.63) is 138 Å². The second-order valence-electron chi connectivity index (χ2n) is 8.81. The first-order chi connectivity index (χ1) is 18.7. The summed E-state index contributed by atoms with van der Waals surface area (Å²) in [5.74, 6) is -0.376. The molecule has 0 atom stereocenters. The molecular weight excluding hydrogens is 468 g/mol. The van der Waals surface area contributed by atoms with Crippen LogP contribution in [-0.4, -0.2) is 22.2 Å². The fourth-order valence-electron chi connectivity index (χ4n) is 4.23. The minimum Gasteiger partial charge on any atom is -0.351 e. The lowest BCUT2D eigenvalue weighted by Crippen LogP contribution is -2.26. The van der Waals surface area contributed by atoms with Gasteiger partial charge in [-0.05, 0) is 41.8 Å². The molecule has 0 spiro atoms. The minimum absolute atomic E-state index is 0.0706. The molecule has 184 valence electrons. The summed E-state index contributed by atoms with van der Waals surface area (Å²) in [5.41, 5.74) is 6.81. The van der Waals surface area contributed by atoms with Crippen molar-refractivity contribution >= 4 is 12.0 Å². The van der Waals surface area contributed by atoms with Gasteiger partial charge in [-0.2, -0.15) is 10.4 Å². The lowest BCUT2D eigenvalue weighted by molar-refractivity contribution is -0.117. The fourth-order valence-corrected chi connectivity index (χ4v) is 4.23. The largest absolute Gasteiger partial charge is 0.351 e. The summed E-state index contributed by atoms with van der Waals surface area (Å²) < 4.78 is 1.92. The van der Waals surface area contributed by atoms with Gasteiger partial charge in [-0.15, -0.1) is 0 Å². The average Bonchev–Trinajstić information content (AvgIpc) is 3.43. The molecule has 0 saturated carbocycles. The van der Waals surface area contributed by atoms with Gasteiger partial charge in [-0.1, -0.05) is 103 Å². The van der Waals surface area contributed by atoms with E-state index in [-0.39, 0.29) is 11.5 Å². The van der Waals surface area contributed by atoms with E-state index in [9.17, 15) is 10.1 Å². The Morgan fingerprint density at radius 3 is 2.05 bits per heavy atom. The molecule has 0 unspecified atom stereocenters. The molecule has 4 aromatic carbocycles. The number of hydrogen-bond acceptors (Lipinski definition) is 3. The van der Waals surface area contributed by atoms with Crippen LogP contribution in [0.25, 0.3) is 34.3 Å². The number of carbonyl (C=O) groups is 1. The molecular formula is C33H26N4O. The molecule has 5 aromatic rings. The summed E-state index contributed by atoms with van der Waals surface area (Å²) >= 11 is 0. The van der Waals surface area contributed by atoms with Crippen LogP contribution < -0.4 is 5.32 Å². The molecule has 5 nitrogen and oxygen atoms in total. The topological polar surface area (TPSA) is 70.7 Å². The van der Waals surface area contributed by atoms with Crippen LogP contribution in [0, 0.1) is 11.3 Å². The van der Waals surface area contributed by atoms with Gasteiger partial charge in [-0.25, -0.2) is 4.68 Å². The molecule has 1 heterocycles. The first kappa shape index (κ1) is 24.5. The lowest BCUT2D eigenvalue weighted by Gasteiger charge is -2.08. The zero-order valence-electron chi connectivity index (χ0n) is 20.8. The van der Waals surface area contributed by atoms with Crippen LogP contribution in [0.15, 0.2) is 127 Å². The second kappa shape index (κ2) is 11.7. The number of nitrogens with one attached hydrogen (secondary N) is 1. The third-order valence-corrected chi connectivity index (χ3v) is 6.20. The molecule has 38 heavy (non-hydrogen) atoms. The van der Waals surface area contributed by atoms with E-state index in [0.717, 1.165) is 39.3 Å². The highest BCUT2D eigenvalue weighted by Gasteiger charge is 2.13. The highest BCUT2D eigenvalue weighted by molar-refractivity contribution is 6.01. The van der Waals surface area contributed by atoms with Gasteiger partial charge >= 0.3 is 0 Å². The van der Waals surface area contributed by atoms with Crippen molar-refractivity contribution in [2.45, 2.75) is 6.42 Å². The Labute approximate surface area is 222 Å².